The van der Waals surface area contributed by atoms with Crippen LogP contribution in [0.3, 0.4) is 0 Å². The number of anilines is 3. The summed E-state index contributed by atoms with van der Waals surface area (Å²) >= 11 is 0. The molecule has 6 N–H and O–H groups in total. The Kier molecular flexibility index (Phi) is 6.59. The predicted molar refractivity (Wildman–Crippen MR) is 114 cm³/mol. The van der Waals surface area contributed by atoms with E-state index in [1.54, 1.807) is 12.1 Å². The predicted octanol–water partition coefficient (Wildman–Crippen LogP) is 3.17. The van der Waals surface area contributed by atoms with Crippen LogP contribution in [0.1, 0.15) is 18.2 Å². The number of ether oxygens (including phenoxy) is 1. The molecule has 0 atom stereocenters. The average Bonchev–Trinajstić information content (AvgIpc) is 2.70. The molecule has 0 aliphatic heterocycles. The van der Waals surface area contributed by atoms with Gasteiger partial charge < -0.3 is 26.8 Å². The van der Waals surface area contributed by atoms with Crippen molar-refractivity contribution < 1.29 is 9.53 Å². The quantitative estimate of drug-likeness (QED) is 0.489. The summed E-state index contributed by atoms with van der Waals surface area (Å²) in [5.74, 6) is 0.374. The zero-order valence-corrected chi connectivity index (χ0v) is 16.2. The molecule has 0 radical (unpaired) electrons. The van der Waals surface area contributed by atoms with Crippen molar-refractivity contribution in [3.05, 3.63) is 65.9 Å². The van der Waals surface area contributed by atoms with Gasteiger partial charge in [0.1, 0.15) is 5.82 Å². The number of nitrogen functional groups attached to an aromatic ring is 2. The Balaban J connectivity index is 1.78. The van der Waals surface area contributed by atoms with Crippen LogP contribution in [-0.2, 0) is 18.0 Å². The molecule has 0 aliphatic carbocycles. The first-order valence-electron chi connectivity index (χ1n) is 9.25. The molecule has 2 aromatic carbocycles. The Morgan fingerprint density at radius 2 is 1.72 bits per heavy atom. The fraction of sp³-hybridized carbons (Fsp3) is 0.190. The highest BCUT2D eigenvalue weighted by atomic mass is 16.5. The number of benzene rings is 2. The molecule has 1 aromatic heterocycles. The molecule has 2 amide bonds. The van der Waals surface area contributed by atoms with Gasteiger partial charge in [-0.3, -0.25) is 0 Å². The third kappa shape index (κ3) is 5.43. The average molecular weight is 392 g/mol. The zero-order valence-electron chi connectivity index (χ0n) is 16.2. The summed E-state index contributed by atoms with van der Waals surface area (Å²) < 4.78 is 5.81. The van der Waals surface area contributed by atoms with Crippen molar-refractivity contribution in [3.8, 4) is 11.1 Å². The molecule has 0 unspecified atom stereocenters. The SMILES string of the molecule is CCNC(=O)Nc1ccc(-c2c(N)nc(N)nc2COCc2ccccc2)cc1. The molecule has 29 heavy (non-hydrogen) atoms. The van der Waals surface area contributed by atoms with Crippen molar-refractivity contribution in [2.45, 2.75) is 20.1 Å². The summed E-state index contributed by atoms with van der Waals surface area (Å²) in [4.78, 5) is 20.1. The molecule has 8 nitrogen and oxygen atoms in total. The second-order valence-electron chi connectivity index (χ2n) is 6.33. The van der Waals surface area contributed by atoms with Crippen LogP contribution in [0.25, 0.3) is 11.1 Å². The summed E-state index contributed by atoms with van der Waals surface area (Å²) in [6.07, 6.45) is 0. The third-order valence-electron chi connectivity index (χ3n) is 4.15. The molecule has 0 saturated carbocycles. The first-order valence-corrected chi connectivity index (χ1v) is 9.25. The highest BCUT2D eigenvalue weighted by Gasteiger charge is 2.14. The van der Waals surface area contributed by atoms with Crippen molar-refractivity contribution in [3.63, 3.8) is 0 Å². The van der Waals surface area contributed by atoms with Crippen LogP contribution in [0.15, 0.2) is 54.6 Å². The molecule has 3 rings (SSSR count). The fourth-order valence-electron chi connectivity index (χ4n) is 2.86. The Morgan fingerprint density at radius 3 is 2.41 bits per heavy atom. The maximum absolute atomic E-state index is 11.7. The van der Waals surface area contributed by atoms with Crippen LogP contribution in [0.2, 0.25) is 0 Å². The van der Waals surface area contributed by atoms with Gasteiger partial charge in [-0.25, -0.2) is 9.78 Å². The van der Waals surface area contributed by atoms with Gasteiger partial charge in [-0.1, -0.05) is 42.5 Å². The molecule has 0 fully saturated rings. The molecule has 1 heterocycles. The summed E-state index contributed by atoms with van der Waals surface area (Å²) in [6.45, 7) is 3.09. The van der Waals surface area contributed by atoms with Crippen LogP contribution in [-0.4, -0.2) is 22.5 Å². The molecule has 0 saturated heterocycles. The van der Waals surface area contributed by atoms with Gasteiger partial charge in [0.2, 0.25) is 5.95 Å². The lowest BCUT2D eigenvalue weighted by Crippen LogP contribution is -2.28. The van der Waals surface area contributed by atoms with Crippen molar-refractivity contribution in [1.82, 2.24) is 15.3 Å². The number of carbonyl (C=O) groups is 1. The third-order valence-corrected chi connectivity index (χ3v) is 4.15. The lowest BCUT2D eigenvalue weighted by atomic mass is 10.0. The molecule has 0 spiro atoms. The highest BCUT2D eigenvalue weighted by molar-refractivity contribution is 5.89. The maximum Gasteiger partial charge on any atom is 0.319 e. The van der Waals surface area contributed by atoms with Gasteiger partial charge in [0.05, 0.1) is 18.9 Å². The number of rotatable bonds is 7. The molecule has 3 aromatic rings. The monoisotopic (exact) mass is 392 g/mol. The van der Waals surface area contributed by atoms with E-state index in [-0.39, 0.29) is 24.4 Å². The van der Waals surface area contributed by atoms with Crippen LogP contribution < -0.4 is 22.1 Å². The first-order chi connectivity index (χ1) is 14.1. The number of nitrogens with one attached hydrogen (secondary N) is 2. The number of nitrogens with zero attached hydrogens (tertiary/aromatic N) is 2. The largest absolute Gasteiger partial charge is 0.383 e. The number of urea groups is 1. The van der Waals surface area contributed by atoms with E-state index in [0.717, 1.165) is 11.1 Å². The van der Waals surface area contributed by atoms with E-state index < -0.39 is 0 Å². The van der Waals surface area contributed by atoms with Crippen molar-refractivity contribution in [2.75, 3.05) is 23.3 Å². The lowest BCUT2D eigenvalue weighted by molar-refractivity contribution is 0.105. The number of hydrogen-bond donors (Lipinski definition) is 4. The van der Waals surface area contributed by atoms with Gasteiger partial charge in [-0.15, -0.1) is 0 Å². The Bertz CT molecular complexity index is 961. The lowest BCUT2D eigenvalue weighted by Gasteiger charge is -2.13. The fourth-order valence-corrected chi connectivity index (χ4v) is 2.86. The second-order valence-corrected chi connectivity index (χ2v) is 6.33. The normalized spacial score (nSPS) is 10.5. The number of hydrogen-bond acceptors (Lipinski definition) is 6. The van der Waals surface area contributed by atoms with E-state index in [4.69, 9.17) is 16.2 Å². The highest BCUT2D eigenvalue weighted by Crippen LogP contribution is 2.30. The topological polar surface area (TPSA) is 128 Å². The van der Waals surface area contributed by atoms with Gasteiger partial charge in [-0.2, -0.15) is 4.98 Å². The van der Waals surface area contributed by atoms with E-state index in [9.17, 15) is 4.79 Å². The minimum atomic E-state index is -0.259. The molecular weight excluding hydrogens is 368 g/mol. The second kappa shape index (κ2) is 9.52. The van der Waals surface area contributed by atoms with Crippen LogP contribution in [0.4, 0.5) is 22.2 Å². The van der Waals surface area contributed by atoms with Crippen LogP contribution in [0.5, 0.6) is 0 Å². The molecule has 8 heteroatoms. The van der Waals surface area contributed by atoms with Crippen LogP contribution >= 0.6 is 0 Å². The zero-order chi connectivity index (χ0) is 20.6. The summed E-state index contributed by atoms with van der Waals surface area (Å²) in [7, 11) is 0. The molecule has 0 bridgehead atoms. The Labute approximate surface area is 169 Å². The van der Waals surface area contributed by atoms with E-state index in [1.807, 2.05) is 49.4 Å². The molecule has 150 valence electrons. The number of amides is 2. The standard InChI is InChI=1S/C21H24N6O2/c1-2-24-21(28)25-16-10-8-15(9-11-16)18-17(26-20(23)27-19(18)22)13-29-12-14-6-4-3-5-7-14/h3-11H,2,12-13H2,1H3,(H2,24,25,28)(H4,22,23,26,27). The summed E-state index contributed by atoms with van der Waals surface area (Å²) in [6, 6.07) is 16.9. The van der Waals surface area contributed by atoms with Gasteiger partial charge in [0.25, 0.3) is 0 Å². The minimum absolute atomic E-state index is 0.0964. The number of nitrogens with two attached hydrogens (primary N) is 2. The first kappa shape index (κ1) is 20.1. The van der Waals surface area contributed by atoms with E-state index in [0.29, 0.717) is 30.1 Å². The van der Waals surface area contributed by atoms with Crippen molar-refractivity contribution >= 4 is 23.5 Å². The molecule has 0 aliphatic rings. The van der Waals surface area contributed by atoms with Crippen molar-refractivity contribution in [1.29, 1.82) is 0 Å². The van der Waals surface area contributed by atoms with E-state index in [1.165, 1.54) is 0 Å². The minimum Gasteiger partial charge on any atom is -0.383 e. The number of carbonyl (C=O) groups excluding carboxylic acids is 1. The van der Waals surface area contributed by atoms with Crippen molar-refractivity contribution in [2.24, 2.45) is 0 Å². The van der Waals surface area contributed by atoms with Crippen LogP contribution in [0, 0.1) is 0 Å². The van der Waals surface area contributed by atoms with Gasteiger partial charge >= 0.3 is 6.03 Å². The maximum atomic E-state index is 11.7. The van der Waals surface area contributed by atoms with Gasteiger partial charge in [0, 0.05) is 17.8 Å². The Hall–Kier alpha value is -3.65. The van der Waals surface area contributed by atoms with Gasteiger partial charge in [-0.05, 0) is 30.2 Å². The van der Waals surface area contributed by atoms with Gasteiger partial charge in [0.15, 0.2) is 0 Å². The number of aromatic nitrogens is 2. The smallest absolute Gasteiger partial charge is 0.319 e. The molecular formula is C21H24N6O2. The summed E-state index contributed by atoms with van der Waals surface area (Å²) in [5.41, 5.74) is 15.7. The van der Waals surface area contributed by atoms with E-state index in [2.05, 4.69) is 20.6 Å². The Morgan fingerprint density at radius 1 is 1.00 bits per heavy atom. The van der Waals surface area contributed by atoms with E-state index >= 15 is 0 Å². The summed E-state index contributed by atoms with van der Waals surface area (Å²) in [5, 5.41) is 5.44.